The quantitative estimate of drug-likeness (QED) is 0.844. The molecule has 0 spiro atoms. The zero-order valence-electron chi connectivity index (χ0n) is 14.4. The van der Waals surface area contributed by atoms with E-state index in [9.17, 15) is 9.59 Å². The van der Waals surface area contributed by atoms with Crippen LogP contribution in [0.3, 0.4) is 0 Å². The average molecular weight is 332 g/mol. The lowest BCUT2D eigenvalue weighted by Crippen LogP contribution is -2.36. The van der Waals surface area contributed by atoms with Crippen LogP contribution in [0.1, 0.15) is 30.9 Å². The first-order chi connectivity index (χ1) is 11.5. The van der Waals surface area contributed by atoms with Gasteiger partial charge in [-0.15, -0.1) is 0 Å². The van der Waals surface area contributed by atoms with Crippen LogP contribution in [0.4, 0.5) is 0 Å². The van der Waals surface area contributed by atoms with Crippen molar-refractivity contribution in [3.8, 4) is 11.5 Å². The maximum atomic E-state index is 12.9. The molecule has 2 aliphatic rings. The highest BCUT2D eigenvalue weighted by Crippen LogP contribution is 2.39. The van der Waals surface area contributed by atoms with Crippen molar-refractivity contribution in [2.75, 3.05) is 34.4 Å². The molecule has 2 fully saturated rings. The van der Waals surface area contributed by atoms with E-state index in [1.165, 1.54) is 0 Å². The van der Waals surface area contributed by atoms with Crippen LogP contribution >= 0.6 is 0 Å². The molecular formula is C18H24N2O4. The summed E-state index contributed by atoms with van der Waals surface area (Å²) >= 11 is 0. The first kappa shape index (κ1) is 16.6. The van der Waals surface area contributed by atoms with Crippen molar-refractivity contribution in [1.29, 1.82) is 0 Å². The molecule has 2 saturated heterocycles. The van der Waals surface area contributed by atoms with Crippen LogP contribution in [0.15, 0.2) is 18.2 Å². The van der Waals surface area contributed by atoms with E-state index in [4.69, 9.17) is 9.47 Å². The second kappa shape index (κ2) is 6.71. The van der Waals surface area contributed by atoms with E-state index in [0.717, 1.165) is 36.4 Å². The SMILES string of the molecule is COc1ccc([C@@H]2CCCN2C(=O)[C@H]2CC(=O)N(C)C2)c(OC)c1. The summed E-state index contributed by atoms with van der Waals surface area (Å²) in [5.41, 5.74) is 1.00. The molecule has 0 unspecified atom stereocenters. The minimum atomic E-state index is -0.229. The summed E-state index contributed by atoms with van der Waals surface area (Å²) in [7, 11) is 5.00. The summed E-state index contributed by atoms with van der Waals surface area (Å²) in [5, 5.41) is 0. The molecule has 2 amide bonds. The number of likely N-dealkylation sites (tertiary alicyclic amines) is 2. The fourth-order valence-electron chi connectivity index (χ4n) is 3.71. The van der Waals surface area contributed by atoms with Gasteiger partial charge in [0.15, 0.2) is 0 Å². The van der Waals surface area contributed by atoms with Gasteiger partial charge in [-0.25, -0.2) is 0 Å². The first-order valence-corrected chi connectivity index (χ1v) is 8.31. The Labute approximate surface area is 142 Å². The van der Waals surface area contributed by atoms with E-state index in [-0.39, 0.29) is 23.8 Å². The summed E-state index contributed by atoms with van der Waals surface area (Å²) < 4.78 is 10.8. The summed E-state index contributed by atoms with van der Waals surface area (Å²) in [5.74, 6) is 1.36. The van der Waals surface area contributed by atoms with Gasteiger partial charge in [-0.05, 0) is 25.0 Å². The molecule has 2 heterocycles. The topological polar surface area (TPSA) is 59.1 Å². The molecular weight excluding hydrogens is 308 g/mol. The number of ether oxygens (including phenoxy) is 2. The molecule has 0 N–H and O–H groups in total. The molecule has 0 saturated carbocycles. The number of carbonyl (C=O) groups is 2. The van der Waals surface area contributed by atoms with Crippen LogP contribution in [0.5, 0.6) is 11.5 Å². The lowest BCUT2D eigenvalue weighted by Gasteiger charge is -2.28. The molecule has 0 aromatic heterocycles. The fraction of sp³-hybridized carbons (Fsp3) is 0.556. The predicted octanol–water partition coefficient (Wildman–Crippen LogP) is 1.85. The van der Waals surface area contributed by atoms with Crippen molar-refractivity contribution in [2.24, 2.45) is 5.92 Å². The standard InChI is InChI=1S/C18H24N2O4/c1-19-11-12(9-17(19)21)18(22)20-8-4-5-15(20)14-7-6-13(23-2)10-16(14)24-3/h6-7,10,12,15H,4-5,8-9,11H2,1-3H3/t12-,15-/m0/s1. The van der Waals surface area contributed by atoms with Crippen molar-refractivity contribution in [3.63, 3.8) is 0 Å². The molecule has 1 aromatic rings. The number of nitrogens with zero attached hydrogens (tertiary/aromatic N) is 2. The number of hydrogen-bond donors (Lipinski definition) is 0. The maximum absolute atomic E-state index is 12.9. The van der Waals surface area contributed by atoms with E-state index in [1.807, 2.05) is 23.1 Å². The number of methoxy groups -OCH3 is 2. The van der Waals surface area contributed by atoms with Crippen molar-refractivity contribution < 1.29 is 19.1 Å². The highest BCUT2D eigenvalue weighted by atomic mass is 16.5. The molecule has 6 nitrogen and oxygen atoms in total. The van der Waals surface area contributed by atoms with Crippen LogP contribution in [0.2, 0.25) is 0 Å². The number of amides is 2. The largest absolute Gasteiger partial charge is 0.497 e. The van der Waals surface area contributed by atoms with Crippen LogP contribution in [0.25, 0.3) is 0 Å². The molecule has 24 heavy (non-hydrogen) atoms. The molecule has 2 atom stereocenters. The van der Waals surface area contributed by atoms with Gasteiger partial charge in [-0.1, -0.05) is 0 Å². The van der Waals surface area contributed by atoms with Crippen LogP contribution < -0.4 is 9.47 Å². The third kappa shape index (κ3) is 2.92. The first-order valence-electron chi connectivity index (χ1n) is 8.31. The third-order valence-corrected chi connectivity index (χ3v) is 5.03. The molecule has 3 rings (SSSR count). The van der Waals surface area contributed by atoms with E-state index >= 15 is 0 Å². The van der Waals surface area contributed by atoms with Crippen LogP contribution in [-0.2, 0) is 9.59 Å². The third-order valence-electron chi connectivity index (χ3n) is 5.03. The van der Waals surface area contributed by atoms with Crippen LogP contribution in [-0.4, -0.2) is 56.0 Å². The summed E-state index contributed by atoms with van der Waals surface area (Å²) in [6.07, 6.45) is 2.19. The Hall–Kier alpha value is -2.24. The average Bonchev–Trinajstić information content (AvgIpc) is 3.20. The van der Waals surface area contributed by atoms with E-state index < -0.39 is 0 Å². The zero-order chi connectivity index (χ0) is 17.3. The zero-order valence-corrected chi connectivity index (χ0v) is 14.4. The minimum Gasteiger partial charge on any atom is -0.497 e. The van der Waals surface area contributed by atoms with Crippen molar-refractivity contribution >= 4 is 11.8 Å². The van der Waals surface area contributed by atoms with Crippen LogP contribution in [0, 0.1) is 5.92 Å². The molecule has 0 bridgehead atoms. The summed E-state index contributed by atoms with van der Waals surface area (Å²) in [4.78, 5) is 28.2. The molecule has 0 radical (unpaired) electrons. The number of rotatable bonds is 4. The van der Waals surface area contributed by atoms with Gasteiger partial charge in [0.25, 0.3) is 0 Å². The van der Waals surface area contributed by atoms with Gasteiger partial charge >= 0.3 is 0 Å². The Morgan fingerprint density at radius 1 is 1.25 bits per heavy atom. The fourth-order valence-corrected chi connectivity index (χ4v) is 3.71. The van der Waals surface area contributed by atoms with Crippen molar-refractivity contribution in [1.82, 2.24) is 9.80 Å². The van der Waals surface area contributed by atoms with Gasteiger partial charge in [0, 0.05) is 38.2 Å². The Morgan fingerprint density at radius 2 is 2.04 bits per heavy atom. The number of benzene rings is 1. The van der Waals surface area contributed by atoms with Gasteiger partial charge in [0.05, 0.1) is 26.2 Å². The van der Waals surface area contributed by atoms with E-state index in [1.54, 1.807) is 26.2 Å². The summed E-state index contributed by atoms with van der Waals surface area (Å²) in [6, 6.07) is 5.72. The lowest BCUT2D eigenvalue weighted by molar-refractivity contribution is -0.136. The van der Waals surface area contributed by atoms with Gasteiger partial charge in [-0.2, -0.15) is 0 Å². The van der Waals surface area contributed by atoms with Gasteiger partial charge in [0.1, 0.15) is 11.5 Å². The normalized spacial score (nSPS) is 23.7. The molecule has 6 heteroatoms. The maximum Gasteiger partial charge on any atom is 0.228 e. The Morgan fingerprint density at radius 3 is 2.67 bits per heavy atom. The van der Waals surface area contributed by atoms with Gasteiger partial charge in [-0.3, -0.25) is 9.59 Å². The van der Waals surface area contributed by atoms with E-state index in [0.29, 0.717) is 13.0 Å². The van der Waals surface area contributed by atoms with Crippen molar-refractivity contribution in [2.45, 2.75) is 25.3 Å². The smallest absolute Gasteiger partial charge is 0.228 e. The molecule has 130 valence electrons. The predicted molar refractivity (Wildman–Crippen MR) is 89.0 cm³/mol. The molecule has 2 aliphatic heterocycles. The Kier molecular flexibility index (Phi) is 4.64. The highest BCUT2D eigenvalue weighted by Gasteiger charge is 2.39. The lowest BCUT2D eigenvalue weighted by atomic mass is 10.0. The highest BCUT2D eigenvalue weighted by molar-refractivity contribution is 5.89. The summed E-state index contributed by atoms with van der Waals surface area (Å²) in [6.45, 7) is 1.24. The van der Waals surface area contributed by atoms with Crippen molar-refractivity contribution in [3.05, 3.63) is 23.8 Å². The minimum absolute atomic E-state index is 0.000589. The number of hydrogen-bond acceptors (Lipinski definition) is 4. The van der Waals surface area contributed by atoms with E-state index in [2.05, 4.69) is 0 Å². The molecule has 0 aliphatic carbocycles. The second-order valence-electron chi connectivity index (χ2n) is 6.47. The van der Waals surface area contributed by atoms with Gasteiger partial charge < -0.3 is 19.3 Å². The molecule has 1 aromatic carbocycles. The number of carbonyl (C=O) groups excluding carboxylic acids is 2. The van der Waals surface area contributed by atoms with Gasteiger partial charge in [0.2, 0.25) is 11.8 Å². The monoisotopic (exact) mass is 332 g/mol. The Bertz CT molecular complexity index is 646. The second-order valence-corrected chi connectivity index (χ2v) is 6.47. The Balaban J connectivity index is 1.83.